The molecule has 0 atom stereocenters. The van der Waals surface area contributed by atoms with E-state index in [0.717, 1.165) is 17.3 Å². The summed E-state index contributed by atoms with van der Waals surface area (Å²) < 4.78 is 0. The summed E-state index contributed by atoms with van der Waals surface area (Å²) >= 11 is 6.72. The second kappa shape index (κ2) is 4.16. The lowest BCUT2D eigenvalue weighted by atomic mass is 10.2. The number of halogens is 1. The molecule has 0 fully saturated rings. The molecule has 0 radical (unpaired) electrons. The van der Waals surface area contributed by atoms with Crippen LogP contribution in [0.3, 0.4) is 0 Å². The number of hydrogen-bond donors (Lipinski definition) is 0. The number of rotatable bonds is 1. The molecule has 2 rings (SSSR count). The van der Waals surface area contributed by atoms with E-state index in [-0.39, 0.29) is 17.4 Å². The van der Waals surface area contributed by atoms with Gasteiger partial charge in [-0.2, -0.15) is 0 Å². The highest BCUT2D eigenvalue weighted by Crippen LogP contribution is 2.22. The van der Waals surface area contributed by atoms with Gasteiger partial charge in [0, 0.05) is 10.6 Å². The predicted molar refractivity (Wildman–Crippen MR) is 60.2 cm³/mol. The van der Waals surface area contributed by atoms with Crippen molar-refractivity contribution in [3.63, 3.8) is 0 Å². The van der Waals surface area contributed by atoms with E-state index in [0.29, 0.717) is 10.1 Å². The summed E-state index contributed by atoms with van der Waals surface area (Å²) in [5.41, 5.74) is 0.741. The second-order valence-electron chi connectivity index (χ2n) is 2.97. The van der Waals surface area contributed by atoms with Crippen LogP contribution in [0.15, 0.2) is 29.3 Å². The smallest absolute Gasteiger partial charge is 0.255 e. The Morgan fingerprint density at radius 3 is 2.47 bits per heavy atom. The second-order valence-corrected chi connectivity index (χ2v) is 4.45. The molecule has 0 saturated carbocycles. The van der Waals surface area contributed by atoms with Gasteiger partial charge in [0.1, 0.15) is 5.04 Å². The number of thioether (sulfide) groups is 1. The first-order valence-corrected chi connectivity index (χ1v) is 5.43. The molecule has 0 aliphatic carbocycles. The summed E-state index contributed by atoms with van der Waals surface area (Å²) in [6.45, 7) is 0. The zero-order valence-corrected chi connectivity index (χ0v) is 9.14. The van der Waals surface area contributed by atoms with Crippen molar-refractivity contribution in [2.45, 2.75) is 6.42 Å². The quantitative estimate of drug-likeness (QED) is 0.707. The summed E-state index contributed by atoms with van der Waals surface area (Å²) in [5, 5.41) is 0.894. The van der Waals surface area contributed by atoms with E-state index in [2.05, 4.69) is 4.99 Å². The van der Waals surface area contributed by atoms with Crippen molar-refractivity contribution in [1.29, 1.82) is 0 Å². The van der Waals surface area contributed by atoms with E-state index in [4.69, 9.17) is 11.6 Å². The van der Waals surface area contributed by atoms with E-state index >= 15 is 0 Å². The molecule has 1 aliphatic heterocycles. The van der Waals surface area contributed by atoms with Crippen molar-refractivity contribution < 1.29 is 9.59 Å². The predicted octanol–water partition coefficient (Wildman–Crippen LogP) is 2.28. The summed E-state index contributed by atoms with van der Waals surface area (Å²) in [6.07, 6.45) is -0.109. The Labute approximate surface area is 95.5 Å². The first-order valence-electron chi connectivity index (χ1n) is 4.23. The zero-order chi connectivity index (χ0) is 10.8. The van der Waals surface area contributed by atoms with Crippen molar-refractivity contribution in [1.82, 2.24) is 0 Å². The van der Waals surface area contributed by atoms with Crippen LogP contribution in [0, 0.1) is 0 Å². The Morgan fingerprint density at radius 1 is 1.20 bits per heavy atom. The molecule has 0 saturated heterocycles. The molecule has 1 aliphatic rings. The number of amides is 1. The summed E-state index contributed by atoms with van der Waals surface area (Å²) in [7, 11) is 0. The maximum absolute atomic E-state index is 11.2. The van der Waals surface area contributed by atoms with Crippen molar-refractivity contribution in [2.24, 2.45) is 4.99 Å². The van der Waals surface area contributed by atoms with Crippen molar-refractivity contribution in [2.75, 3.05) is 0 Å². The molecule has 1 aromatic carbocycles. The molecule has 0 aromatic heterocycles. The number of benzene rings is 1. The number of hydrogen-bond acceptors (Lipinski definition) is 3. The van der Waals surface area contributed by atoms with E-state index in [1.807, 2.05) is 0 Å². The SMILES string of the molecule is O=C1CC(=O)SC(c2ccc(Cl)cc2)=N1. The molecule has 1 heterocycles. The fourth-order valence-corrected chi connectivity index (χ4v) is 2.10. The molecule has 0 N–H and O–H groups in total. The third-order valence-corrected chi connectivity index (χ3v) is 2.97. The van der Waals surface area contributed by atoms with Gasteiger partial charge in [0.15, 0.2) is 0 Å². The molecular weight excluding hydrogens is 234 g/mol. The van der Waals surface area contributed by atoms with Crippen LogP contribution < -0.4 is 0 Å². The van der Waals surface area contributed by atoms with E-state index in [1.165, 1.54) is 0 Å². The molecule has 1 aromatic rings. The molecule has 0 spiro atoms. The van der Waals surface area contributed by atoms with E-state index in [9.17, 15) is 9.59 Å². The minimum Gasteiger partial charge on any atom is -0.286 e. The maximum Gasteiger partial charge on any atom is 0.255 e. The first kappa shape index (κ1) is 10.4. The lowest BCUT2D eigenvalue weighted by Gasteiger charge is -2.08. The zero-order valence-electron chi connectivity index (χ0n) is 7.57. The topological polar surface area (TPSA) is 46.5 Å². The van der Waals surface area contributed by atoms with Crippen LogP contribution in [0.4, 0.5) is 0 Å². The summed E-state index contributed by atoms with van der Waals surface area (Å²) in [4.78, 5) is 26.0. The highest BCUT2D eigenvalue weighted by Gasteiger charge is 2.20. The van der Waals surface area contributed by atoms with Gasteiger partial charge in [-0.15, -0.1) is 0 Å². The van der Waals surface area contributed by atoms with E-state index in [1.54, 1.807) is 24.3 Å². The highest BCUT2D eigenvalue weighted by molar-refractivity contribution is 8.27. The molecule has 1 amide bonds. The Morgan fingerprint density at radius 2 is 1.87 bits per heavy atom. The third-order valence-electron chi connectivity index (χ3n) is 1.82. The maximum atomic E-state index is 11.2. The van der Waals surface area contributed by atoms with Crippen molar-refractivity contribution in [3.8, 4) is 0 Å². The standard InChI is InChI=1S/C10H6ClNO2S/c11-7-3-1-6(2-4-7)10-12-8(13)5-9(14)15-10/h1-4H,5H2. The van der Waals surface area contributed by atoms with Gasteiger partial charge < -0.3 is 0 Å². The average molecular weight is 240 g/mol. The third kappa shape index (κ3) is 2.46. The molecule has 5 heteroatoms. The summed E-state index contributed by atoms with van der Waals surface area (Å²) in [5.74, 6) is -0.385. The molecule has 0 unspecified atom stereocenters. The van der Waals surface area contributed by atoms with Crippen LogP contribution in [0.25, 0.3) is 0 Å². The fraction of sp³-hybridized carbons (Fsp3) is 0.100. The van der Waals surface area contributed by atoms with Gasteiger partial charge in [0.05, 0.1) is 6.42 Å². The lowest BCUT2D eigenvalue weighted by Crippen LogP contribution is -2.14. The van der Waals surface area contributed by atoms with Crippen molar-refractivity contribution in [3.05, 3.63) is 34.9 Å². The molecular formula is C10H6ClNO2S. The average Bonchev–Trinajstić information content (AvgIpc) is 2.17. The van der Waals surface area contributed by atoms with Crippen LogP contribution in [-0.4, -0.2) is 16.1 Å². The molecule has 0 bridgehead atoms. The number of aliphatic imine (C=N–C) groups is 1. The largest absolute Gasteiger partial charge is 0.286 e. The monoisotopic (exact) mass is 239 g/mol. The number of carbonyl (C=O) groups is 2. The Bertz CT molecular complexity index is 453. The first-order chi connectivity index (χ1) is 7.15. The minimum atomic E-state index is -0.385. The Balaban J connectivity index is 2.34. The van der Waals surface area contributed by atoms with Crippen LogP contribution in [0.1, 0.15) is 12.0 Å². The van der Waals surface area contributed by atoms with Crippen LogP contribution in [0.2, 0.25) is 5.02 Å². The van der Waals surface area contributed by atoms with Gasteiger partial charge in [-0.05, 0) is 23.9 Å². The fourth-order valence-electron chi connectivity index (χ4n) is 1.16. The van der Waals surface area contributed by atoms with Gasteiger partial charge in [-0.25, -0.2) is 4.99 Å². The Kier molecular flexibility index (Phi) is 2.88. The normalized spacial score (nSPS) is 16.5. The number of carbonyl (C=O) groups excluding carboxylic acids is 2. The van der Waals surface area contributed by atoms with Gasteiger partial charge in [0.25, 0.3) is 5.91 Å². The minimum absolute atomic E-state index is 0.109. The molecule has 15 heavy (non-hydrogen) atoms. The van der Waals surface area contributed by atoms with Crippen LogP contribution in [0.5, 0.6) is 0 Å². The van der Waals surface area contributed by atoms with E-state index < -0.39 is 0 Å². The highest BCUT2D eigenvalue weighted by atomic mass is 35.5. The van der Waals surface area contributed by atoms with Gasteiger partial charge in [-0.1, -0.05) is 23.7 Å². The van der Waals surface area contributed by atoms with Gasteiger partial charge in [0.2, 0.25) is 5.12 Å². The molecule has 3 nitrogen and oxygen atoms in total. The number of nitrogens with zero attached hydrogens (tertiary/aromatic N) is 1. The summed E-state index contributed by atoms with van der Waals surface area (Å²) in [6, 6.07) is 6.87. The van der Waals surface area contributed by atoms with Gasteiger partial charge >= 0.3 is 0 Å². The van der Waals surface area contributed by atoms with Crippen molar-refractivity contribution >= 4 is 39.4 Å². The van der Waals surface area contributed by atoms with Crippen LogP contribution in [-0.2, 0) is 9.59 Å². The molecule has 76 valence electrons. The van der Waals surface area contributed by atoms with Crippen LogP contribution >= 0.6 is 23.4 Å². The Hall–Kier alpha value is -1.13. The van der Waals surface area contributed by atoms with Gasteiger partial charge in [-0.3, -0.25) is 9.59 Å². The lowest BCUT2D eigenvalue weighted by molar-refractivity contribution is -0.122.